The standard InChI is InChI=1S/C14H20BrNO2/c1-10-14(6-7-18-10)16(2)9-11-8-12(17-3)4-5-13(11)15/h4-5,8,10,14H,6-7,9H2,1-3H3. The van der Waals surface area contributed by atoms with Gasteiger partial charge in [0.15, 0.2) is 0 Å². The highest BCUT2D eigenvalue weighted by Gasteiger charge is 2.27. The summed E-state index contributed by atoms with van der Waals surface area (Å²) in [6.07, 6.45) is 1.43. The number of rotatable bonds is 4. The van der Waals surface area contributed by atoms with Gasteiger partial charge in [-0.1, -0.05) is 15.9 Å². The molecule has 0 radical (unpaired) electrons. The SMILES string of the molecule is COc1ccc(Br)c(CN(C)C2CCOC2C)c1. The van der Waals surface area contributed by atoms with Crippen LogP contribution in [0.25, 0.3) is 0 Å². The molecule has 0 aromatic heterocycles. The van der Waals surface area contributed by atoms with Crippen molar-refractivity contribution in [1.29, 1.82) is 0 Å². The minimum absolute atomic E-state index is 0.319. The van der Waals surface area contributed by atoms with Crippen LogP contribution in [0.1, 0.15) is 18.9 Å². The van der Waals surface area contributed by atoms with Crippen molar-refractivity contribution >= 4 is 15.9 Å². The van der Waals surface area contributed by atoms with Crippen LogP contribution in [-0.4, -0.2) is 37.8 Å². The van der Waals surface area contributed by atoms with Crippen molar-refractivity contribution in [3.63, 3.8) is 0 Å². The number of nitrogens with zero attached hydrogens (tertiary/aromatic N) is 1. The van der Waals surface area contributed by atoms with Crippen LogP contribution in [0.5, 0.6) is 5.75 Å². The molecular weight excluding hydrogens is 294 g/mol. The molecule has 1 aliphatic rings. The second-order valence-corrected chi connectivity index (χ2v) is 5.66. The summed E-state index contributed by atoms with van der Waals surface area (Å²) < 4.78 is 12.0. The van der Waals surface area contributed by atoms with E-state index in [1.165, 1.54) is 5.56 Å². The number of benzene rings is 1. The fourth-order valence-electron chi connectivity index (χ4n) is 2.48. The molecule has 2 unspecified atom stereocenters. The second kappa shape index (κ2) is 6.04. The highest BCUT2D eigenvalue weighted by molar-refractivity contribution is 9.10. The molecule has 1 aromatic rings. The Kier molecular flexibility index (Phi) is 4.65. The fourth-order valence-corrected chi connectivity index (χ4v) is 2.86. The van der Waals surface area contributed by atoms with Gasteiger partial charge >= 0.3 is 0 Å². The molecule has 0 bridgehead atoms. The predicted octanol–water partition coefficient (Wildman–Crippen LogP) is 3.07. The van der Waals surface area contributed by atoms with Gasteiger partial charge in [-0.15, -0.1) is 0 Å². The highest BCUT2D eigenvalue weighted by Crippen LogP contribution is 2.26. The van der Waals surface area contributed by atoms with Gasteiger partial charge in [0, 0.05) is 23.7 Å². The average Bonchev–Trinajstić information content (AvgIpc) is 2.78. The maximum Gasteiger partial charge on any atom is 0.119 e. The molecule has 1 heterocycles. The maximum atomic E-state index is 5.62. The highest BCUT2D eigenvalue weighted by atomic mass is 79.9. The zero-order chi connectivity index (χ0) is 13.1. The lowest BCUT2D eigenvalue weighted by Gasteiger charge is -2.27. The van der Waals surface area contributed by atoms with E-state index in [-0.39, 0.29) is 0 Å². The van der Waals surface area contributed by atoms with Crippen LogP contribution in [-0.2, 0) is 11.3 Å². The minimum Gasteiger partial charge on any atom is -0.497 e. The predicted molar refractivity (Wildman–Crippen MR) is 76.0 cm³/mol. The van der Waals surface area contributed by atoms with E-state index in [1.54, 1.807) is 7.11 Å². The van der Waals surface area contributed by atoms with Crippen molar-refractivity contribution < 1.29 is 9.47 Å². The van der Waals surface area contributed by atoms with Crippen LogP contribution >= 0.6 is 15.9 Å². The molecular formula is C14H20BrNO2. The summed E-state index contributed by atoms with van der Waals surface area (Å²) in [5.41, 5.74) is 1.25. The monoisotopic (exact) mass is 313 g/mol. The first-order valence-electron chi connectivity index (χ1n) is 6.26. The minimum atomic E-state index is 0.319. The largest absolute Gasteiger partial charge is 0.497 e. The molecule has 1 aliphatic heterocycles. The van der Waals surface area contributed by atoms with Crippen LogP contribution in [0, 0.1) is 0 Å². The van der Waals surface area contributed by atoms with Crippen molar-refractivity contribution in [3.8, 4) is 5.75 Å². The number of likely N-dealkylation sites (N-methyl/N-ethyl adjacent to an activating group) is 1. The van der Waals surface area contributed by atoms with Gasteiger partial charge in [0.25, 0.3) is 0 Å². The van der Waals surface area contributed by atoms with Crippen molar-refractivity contribution in [3.05, 3.63) is 28.2 Å². The number of hydrogen-bond donors (Lipinski definition) is 0. The molecule has 4 heteroatoms. The summed E-state index contributed by atoms with van der Waals surface area (Å²) in [6.45, 7) is 3.92. The van der Waals surface area contributed by atoms with Gasteiger partial charge in [-0.25, -0.2) is 0 Å². The van der Waals surface area contributed by atoms with Crippen molar-refractivity contribution in [2.75, 3.05) is 20.8 Å². The third-order valence-corrected chi connectivity index (χ3v) is 4.35. The summed E-state index contributed by atoms with van der Waals surface area (Å²) in [5.74, 6) is 0.900. The van der Waals surface area contributed by atoms with Gasteiger partial charge in [-0.2, -0.15) is 0 Å². The van der Waals surface area contributed by atoms with E-state index in [9.17, 15) is 0 Å². The molecule has 1 aromatic carbocycles. The van der Waals surface area contributed by atoms with Crippen LogP contribution in [0.4, 0.5) is 0 Å². The number of methoxy groups -OCH3 is 1. The molecule has 0 spiro atoms. The third-order valence-electron chi connectivity index (χ3n) is 3.58. The second-order valence-electron chi connectivity index (χ2n) is 4.80. The van der Waals surface area contributed by atoms with Gasteiger partial charge < -0.3 is 9.47 Å². The third kappa shape index (κ3) is 3.05. The molecule has 0 aliphatic carbocycles. The molecule has 1 saturated heterocycles. The molecule has 0 saturated carbocycles. The first kappa shape index (κ1) is 13.8. The van der Waals surface area contributed by atoms with E-state index in [4.69, 9.17) is 9.47 Å². The molecule has 3 nitrogen and oxygen atoms in total. The van der Waals surface area contributed by atoms with Gasteiger partial charge in [0.05, 0.1) is 13.2 Å². The van der Waals surface area contributed by atoms with Crippen LogP contribution in [0.2, 0.25) is 0 Å². The Morgan fingerprint density at radius 2 is 2.28 bits per heavy atom. The normalized spacial score (nSPS) is 23.6. The average molecular weight is 314 g/mol. The lowest BCUT2D eigenvalue weighted by atomic mass is 10.1. The Balaban J connectivity index is 2.08. The van der Waals surface area contributed by atoms with Gasteiger partial charge in [0.2, 0.25) is 0 Å². The topological polar surface area (TPSA) is 21.7 Å². The summed E-state index contributed by atoms with van der Waals surface area (Å²) in [5, 5.41) is 0. The van der Waals surface area contributed by atoms with Crippen molar-refractivity contribution in [2.45, 2.75) is 32.0 Å². The Bertz CT molecular complexity index is 411. The van der Waals surface area contributed by atoms with E-state index in [0.29, 0.717) is 12.1 Å². The lowest BCUT2D eigenvalue weighted by Crippen LogP contribution is -2.36. The Morgan fingerprint density at radius 1 is 1.50 bits per heavy atom. The molecule has 2 rings (SSSR count). The number of hydrogen-bond acceptors (Lipinski definition) is 3. The Labute approximate surface area is 117 Å². The van der Waals surface area contributed by atoms with E-state index in [2.05, 4.69) is 40.9 Å². The van der Waals surface area contributed by atoms with E-state index < -0.39 is 0 Å². The molecule has 0 N–H and O–H groups in total. The fraction of sp³-hybridized carbons (Fsp3) is 0.571. The summed E-state index contributed by atoms with van der Waals surface area (Å²) >= 11 is 3.60. The zero-order valence-electron chi connectivity index (χ0n) is 11.1. The number of ether oxygens (including phenoxy) is 2. The van der Waals surface area contributed by atoms with Crippen LogP contribution in [0.15, 0.2) is 22.7 Å². The zero-order valence-corrected chi connectivity index (χ0v) is 12.7. The number of halogens is 1. The van der Waals surface area contributed by atoms with Crippen LogP contribution in [0.3, 0.4) is 0 Å². The first-order valence-corrected chi connectivity index (χ1v) is 7.05. The van der Waals surface area contributed by atoms with Crippen molar-refractivity contribution in [1.82, 2.24) is 4.90 Å². The molecule has 2 atom stereocenters. The summed E-state index contributed by atoms with van der Waals surface area (Å²) in [4.78, 5) is 2.36. The Hall–Kier alpha value is -0.580. The molecule has 100 valence electrons. The summed E-state index contributed by atoms with van der Waals surface area (Å²) in [7, 11) is 3.85. The quantitative estimate of drug-likeness (QED) is 0.852. The summed E-state index contributed by atoms with van der Waals surface area (Å²) in [6, 6.07) is 6.59. The van der Waals surface area contributed by atoms with Gasteiger partial charge in [-0.05, 0) is 44.2 Å². The van der Waals surface area contributed by atoms with Crippen molar-refractivity contribution in [2.24, 2.45) is 0 Å². The molecule has 0 amide bonds. The lowest BCUT2D eigenvalue weighted by molar-refractivity contribution is 0.0813. The van der Waals surface area contributed by atoms with E-state index in [1.807, 2.05) is 12.1 Å². The Morgan fingerprint density at radius 3 is 2.89 bits per heavy atom. The van der Waals surface area contributed by atoms with Crippen LogP contribution < -0.4 is 4.74 Å². The molecule has 18 heavy (non-hydrogen) atoms. The van der Waals surface area contributed by atoms with Gasteiger partial charge in [0.1, 0.15) is 5.75 Å². The maximum absolute atomic E-state index is 5.62. The smallest absolute Gasteiger partial charge is 0.119 e. The van der Waals surface area contributed by atoms with E-state index >= 15 is 0 Å². The molecule has 1 fully saturated rings. The van der Waals surface area contributed by atoms with Gasteiger partial charge in [-0.3, -0.25) is 4.90 Å². The van der Waals surface area contributed by atoms with E-state index in [0.717, 1.165) is 29.8 Å². The first-order chi connectivity index (χ1) is 8.61.